The maximum absolute atomic E-state index is 4.61. The van der Waals surface area contributed by atoms with Crippen LogP contribution in [0.2, 0.25) is 0 Å². The first-order valence-corrected chi connectivity index (χ1v) is 15.4. The van der Waals surface area contributed by atoms with Gasteiger partial charge in [-0.3, -0.25) is 0 Å². The molecule has 0 aliphatic heterocycles. The third kappa shape index (κ3) is 7.67. The second-order valence-corrected chi connectivity index (χ2v) is 10.7. The van der Waals surface area contributed by atoms with E-state index in [2.05, 4.69) is 80.6 Å². The minimum Gasteiger partial charge on any atom is -0.372 e. The smallest absolute Gasteiger partial charge is 0.0936 e. The first-order chi connectivity index (χ1) is 21.6. The van der Waals surface area contributed by atoms with E-state index in [0.717, 1.165) is 70.0 Å². The van der Waals surface area contributed by atoms with Crippen molar-refractivity contribution in [3.05, 3.63) is 114 Å². The van der Waals surface area contributed by atoms with Crippen LogP contribution in [0, 0.1) is 6.92 Å². The van der Waals surface area contributed by atoms with Gasteiger partial charge in [-0.25, -0.2) is 0 Å². The zero-order chi connectivity index (χ0) is 30.7. The molecule has 5 aromatic rings. The Balaban J connectivity index is 1.29. The van der Waals surface area contributed by atoms with Gasteiger partial charge in [0.2, 0.25) is 0 Å². The van der Waals surface area contributed by atoms with Crippen LogP contribution < -0.4 is 4.90 Å². The Hall–Kier alpha value is -5.04. The minimum atomic E-state index is 0.769. The third-order valence-electron chi connectivity index (χ3n) is 7.61. The molecule has 0 spiro atoms. The average molecular weight is 582 g/mol. The van der Waals surface area contributed by atoms with E-state index in [1.54, 1.807) is 0 Å². The predicted molar refractivity (Wildman–Crippen MR) is 183 cm³/mol. The number of fused-ring (bicyclic) bond motifs is 1. The third-order valence-corrected chi connectivity index (χ3v) is 7.61. The second kappa shape index (κ2) is 14.9. The van der Waals surface area contributed by atoms with Crippen LogP contribution in [0.1, 0.15) is 44.7 Å². The summed E-state index contributed by atoms with van der Waals surface area (Å²) in [5, 5.41) is 29.1. The lowest BCUT2D eigenvalue weighted by Crippen LogP contribution is -2.21. The number of anilines is 1. The molecule has 0 aliphatic rings. The van der Waals surface area contributed by atoms with E-state index in [1.807, 2.05) is 85.8 Å². The second-order valence-electron chi connectivity index (χ2n) is 10.7. The molecule has 5 aromatic carbocycles. The Morgan fingerprint density at radius 1 is 0.523 bits per heavy atom. The van der Waals surface area contributed by atoms with Gasteiger partial charge >= 0.3 is 0 Å². The molecular weight excluding hydrogens is 542 g/mol. The van der Waals surface area contributed by atoms with Crippen LogP contribution in [0.15, 0.2) is 134 Å². The van der Waals surface area contributed by atoms with E-state index in [-0.39, 0.29) is 0 Å². The van der Waals surface area contributed by atoms with Gasteiger partial charge in [-0.15, -0.1) is 10.2 Å². The van der Waals surface area contributed by atoms with Crippen molar-refractivity contribution in [2.75, 3.05) is 18.0 Å². The van der Waals surface area contributed by atoms with Gasteiger partial charge in [-0.2, -0.15) is 20.5 Å². The summed E-state index contributed by atoms with van der Waals surface area (Å²) in [4.78, 5) is 2.30. The van der Waals surface area contributed by atoms with Crippen molar-refractivity contribution in [1.29, 1.82) is 0 Å². The molecule has 0 aromatic heterocycles. The van der Waals surface area contributed by atoms with Crippen molar-refractivity contribution in [3.8, 4) is 0 Å². The number of benzene rings is 5. The number of unbranched alkanes of at least 4 members (excludes halogenated alkanes) is 1. The number of azo groups is 3. The molecule has 0 heterocycles. The Bertz CT molecular complexity index is 1770. The fourth-order valence-electron chi connectivity index (χ4n) is 5.02. The lowest BCUT2D eigenvalue weighted by Gasteiger charge is -2.20. The van der Waals surface area contributed by atoms with E-state index in [4.69, 9.17) is 0 Å². The van der Waals surface area contributed by atoms with Gasteiger partial charge < -0.3 is 4.90 Å². The summed E-state index contributed by atoms with van der Waals surface area (Å²) in [5.74, 6) is 0. The summed E-state index contributed by atoms with van der Waals surface area (Å²) in [6, 6.07) is 34.3. The zero-order valence-electron chi connectivity index (χ0n) is 26.0. The van der Waals surface area contributed by atoms with E-state index in [1.165, 1.54) is 24.1 Å². The van der Waals surface area contributed by atoms with Crippen molar-refractivity contribution in [2.45, 2.75) is 47.0 Å². The van der Waals surface area contributed by atoms with Crippen LogP contribution in [-0.2, 0) is 6.42 Å². The van der Waals surface area contributed by atoms with Crippen molar-refractivity contribution < 1.29 is 0 Å². The fraction of sp³-hybridized carbons (Fsp3) is 0.243. The maximum Gasteiger partial charge on any atom is 0.0936 e. The molecule has 0 saturated carbocycles. The molecule has 222 valence electrons. The minimum absolute atomic E-state index is 0.769. The lowest BCUT2D eigenvalue weighted by atomic mass is 10.1. The molecule has 0 aliphatic carbocycles. The van der Waals surface area contributed by atoms with E-state index in [0.29, 0.717) is 0 Å². The van der Waals surface area contributed by atoms with Crippen LogP contribution in [0.5, 0.6) is 0 Å². The van der Waals surface area contributed by atoms with Gasteiger partial charge in [0.15, 0.2) is 0 Å². The number of nitrogens with zero attached hydrogens (tertiary/aromatic N) is 7. The number of hydrogen-bond acceptors (Lipinski definition) is 7. The molecular formula is C37H39N7. The molecule has 5 rings (SSSR count). The van der Waals surface area contributed by atoms with Crippen molar-refractivity contribution in [2.24, 2.45) is 30.7 Å². The largest absolute Gasteiger partial charge is 0.372 e. The monoisotopic (exact) mass is 581 g/mol. The van der Waals surface area contributed by atoms with Crippen molar-refractivity contribution >= 4 is 50.6 Å². The van der Waals surface area contributed by atoms with E-state index >= 15 is 0 Å². The lowest BCUT2D eigenvalue weighted by molar-refractivity contribution is 0.795. The maximum atomic E-state index is 4.61. The van der Waals surface area contributed by atoms with Gasteiger partial charge in [0, 0.05) is 29.5 Å². The molecule has 0 radical (unpaired) electrons. The number of hydrogen-bond donors (Lipinski definition) is 0. The van der Waals surface area contributed by atoms with Crippen LogP contribution in [-0.4, -0.2) is 13.1 Å². The Morgan fingerprint density at radius 2 is 1.02 bits per heavy atom. The van der Waals surface area contributed by atoms with Gasteiger partial charge in [0.05, 0.1) is 34.1 Å². The van der Waals surface area contributed by atoms with Gasteiger partial charge in [-0.1, -0.05) is 49.7 Å². The highest BCUT2D eigenvalue weighted by Crippen LogP contribution is 2.36. The van der Waals surface area contributed by atoms with E-state index in [9.17, 15) is 0 Å². The Labute approximate surface area is 260 Å². The number of rotatable bonds is 12. The Kier molecular flexibility index (Phi) is 10.3. The molecule has 0 atom stereocenters. The molecule has 7 nitrogen and oxygen atoms in total. The molecule has 44 heavy (non-hydrogen) atoms. The van der Waals surface area contributed by atoms with Crippen molar-refractivity contribution in [1.82, 2.24) is 0 Å². The van der Waals surface area contributed by atoms with Crippen LogP contribution >= 0.6 is 0 Å². The summed E-state index contributed by atoms with van der Waals surface area (Å²) in [5.41, 5.74) is 8.26. The summed E-state index contributed by atoms with van der Waals surface area (Å²) in [7, 11) is 0. The SMILES string of the molecule is CCCCc1ccc(N=Nc2ccc(N=Nc3ccc(N=Nc4ccc(N(CC)CC)cc4)cc3C)c3ccccc23)cc1. The van der Waals surface area contributed by atoms with Crippen LogP contribution in [0.3, 0.4) is 0 Å². The molecule has 0 amide bonds. The topological polar surface area (TPSA) is 77.4 Å². The molecule has 7 heteroatoms. The summed E-state index contributed by atoms with van der Waals surface area (Å²) in [6.07, 6.45) is 3.48. The molecule has 0 saturated heterocycles. The Morgan fingerprint density at radius 3 is 1.61 bits per heavy atom. The normalized spacial score (nSPS) is 11.8. The number of aryl methyl sites for hydroxylation is 2. The first kappa shape index (κ1) is 30.4. The highest BCUT2D eigenvalue weighted by molar-refractivity contribution is 5.99. The predicted octanol–water partition coefficient (Wildman–Crippen LogP) is 12.6. The summed E-state index contributed by atoms with van der Waals surface area (Å²) < 4.78 is 0. The van der Waals surface area contributed by atoms with Gasteiger partial charge in [0.1, 0.15) is 0 Å². The zero-order valence-corrected chi connectivity index (χ0v) is 26.0. The highest BCUT2D eigenvalue weighted by atomic mass is 15.1. The fourth-order valence-corrected chi connectivity index (χ4v) is 5.02. The van der Waals surface area contributed by atoms with Gasteiger partial charge in [-0.05, 0) is 111 Å². The van der Waals surface area contributed by atoms with Crippen LogP contribution in [0.25, 0.3) is 10.8 Å². The van der Waals surface area contributed by atoms with Crippen LogP contribution in [0.4, 0.5) is 39.8 Å². The summed E-state index contributed by atoms with van der Waals surface area (Å²) in [6.45, 7) is 10.5. The molecule has 0 fully saturated rings. The van der Waals surface area contributed by atoms with Gasteiger partial charge in [0.25, 0.3) is 0 Å². The molecule has 0 bridgehead atoms. The molecule has 0 N–H and O–H groups in total. The highest BCUT2D eigenvalue weighted by Gasteiger charge is 2.07. The standard InChI is InChI=1S/C37H39N7/c1-5-8-11-28-14-16-29(17-15-28)39-42-36-24-25-37(34-13-10-9-12-33(34)36)43-41-35-23-20-31(26-27(35)4)40-38-30-18-21-32(22-19-30)44(6-2)7-3/h9-10,12-26H,5-8,11H2,1-4H3. The summed E-state index contributed by atoms with van der Waals surface area (Å²) >= 11 is 0. The quantitative estimate of drug-likeness (QED) is 0.135. The first-order valence-electron chi connectivity index (χ1n) is 15.4. The van der Waals surface area contributed by atoms with Crippen molar-refractivity contribution in [3.63, 3.8) is 0 Å². The average Bonchev–Trinajstić information content (AvgIpc) is 3.07. The van der Waals surface area contributed by atoms with E-state index < -0.39 is 0 Å². The molecule has 0 unspecified atom stereocenters.